The Morgan fingerprint density at radius 2 is 1.80 bits per heavy atom. The second-order valence-electron chi connectivity index (χ2n) is 11.4. The lowest BCUT2D eigenvalue weighted by Gasteiger charge is -2.33. The fourth-order valence-electron chi connectivity index (χ4n) is 6.08. The molecule has 2 aromatic carbocycles. The van der Waals surface area contributed by atoms with Gasteiger partial charge >= 0.3 is 0 Å². The largest absolute Gasteiger partial charge is 0.400 e. The van der Waals surface area contributed by atoms with Crippen molar-refractivity contribution in [2.24, 2.45) is 0 Å². The van der Waals surface area contributed by atoms with Gasteiger partial charge in [0.1, 0.15) is 0 Å². The molecule has 1 unspecified atom stereocenters. The van der Waals surface area contributed by atoms with Gasteiger partial charge in [0.15, 0.2) is 0 Å². The lowest BCUT2D eigenvalue weighted by molar-refractivity contribution is 0.187. The minimum absolute atomic E-state index is 0.380. The van der Waals surface area contributed by atoms with Crippen molar-refractivity contribution in [1.82, 2.24) is 35.7 Å². The maximum Gasteiger partial charge on any atom is 0.0541 e. The highest BCUT2D eigenvalue weighted by Gasteiger charge is 2.27. The summed E-state index contributed by atoms with van der Waals surface area (Å²) in [6, 6.07) is 24.4. The van der Waals surface area contributed by atoms with Gasteiger partial charge in [0.05, 0.1) is 5.69 Å². The number of nitrogens with zero attached hydrogens (tertiary/aromatic N) is 3. The summed E-state index contributed by atoms with van der Waals surface area (Å²) < 4.78 is 0. The first kappa shape index (κ1) is 31.6. The SMILES string of the molecule is CC1c2[nH]c3ccccc3c2CCN1Cc1ccc(CN(CCNCc2ccccn2)CNCC2=CC=CCN2)cc1.CO. The third-order valence-electron chi connectivity index (χ3n) is 8.44. The third-order valence-corrected chi connectivity index (χ3v) is 8.44. The van der Waals surface area contributed by atoms with E-state index in [1.54, 1.807) is 0 Å². The van der Waals surface area contributed by atoms with Crippen molar-refractivity contribution in [2.45, 2.75) is 39.0 Å². The molecule has 0 aliphatic carbocycles. The second kappa shape index (κ2) is 16.3. The van der Waals surface area contributed by atoms with Gasteiger partial charge in [0, 0.05) is 101 Å². The molecule has 232 valence electrons. The highest BCUT2D eigenvalue weighted by Crippen LogP contribution is 2.34. The summed E-state index contributed by atoms with van der Waals surface area (Å²) in [6.45, 7) is 10.5. The molecule has 2 aliphatic rings. The van der Waals surface area contributed by atoms with E-state index < -0.39 is 0 Å². The van der Waals surface area contributed by atoms with Gasteiger partial charge in [-0.3, -0.25) is 20.1 Å². The molecule has 0 saturated heterocycles. The zero-order valence-electron chi connectivity index (χ0n) is 26.1. The van der Waals surface area contributed by atoms with E-state index in [-0.39, 0.29) is 0 Å². The van der Waals surface area contributed by atoms with Crippen LogP contribution in [0.3, 0.4) is 0 Å². The molecule has 44 heavy (non-hydrogen) atoms. The minimum Gasteiger partial charge on any atom is -0.400 e. The van der Waals surface area contributed by atoms with E-state index in [9.17, 15) is 0 Å². The number of fused-ring (bicyclic) bond motifs is 3. The van der Waals surface area contributed by atoms with Gasteiger partial charge in [0.2, 0.25) is 0 Å². The molecule has 0 fully saturated rings. The molecule has 0 saturated carbocycles. The number of nitrogens with one attached hydrogen (secondary N) is 4. The van der Waals surface area contributed by atoms with E-state index in [1.165, 1.54) is 39.0 Å². The van der Waals surface area contributed by atoms with Crippen molar-refractivity contribution < 1.29 is 5.11 Å². The Labute approximate surface area is 261 Å². The number of para-hydroxylation sites is 1. The molecule has 6 rings (SSSR count). The van der Waals surface area contributed by atoms with Gasteiger partial charge in [-0.05, 0) is 54.3 Å². The van der Waals surface area contributed by atoms with Crippen molar-refractivity contribution in [2.75, 3.05) is 46.5 Å². The van der Waals surface area contributed by atoms with Crippen molar-refractivity contribution in [3.05, 3.63) is 125 Å². The van der Waals surface area contributed by atoms with Crippen LogP contribution in [0.15, 0.2) is 96.9 Å². The Bertz CT molecular complexity index is 1500. The Morgan fingerprint density at radius 1 is 0.977 bits per heavy atom. The van der Waals surface area contributed by atoms with Gasteiger partial charge in [-0.15, -0.1) is 0 Å². The summed E-state index contributed by atoms with van der Waals surface area (Å²) >= 11 is 0. The molecule has 2 aliphatic heterocycles. The average Bonchev–Trinajstić information content (AvgIpc) is 3.46. The summed E-state index contributed by atoms with van der Waals surface area (Å²) in [5, 5.41) is 19.0. The first-order valence-electron chi connectivity index (χ1n) is 15.7. The first-order chi connectivity index (χ1) is 21.7. The second-order valence-corrected chi connectivity index (χ2v) is 11.4. The standard InChI is InChI=1S/C35H43N7.CH4O/c1-27-35-33(32-10-2-3-11-34(32)40-35)16-20-42(27)25-29-14-12-28(13-15-29)24-41(26-37-23-31-9-5-7-18-39-31)21-19-36-22-30-8-4-6-17-38-30;1-2/h2-15,17,27,36-37,39-40H,16,18-26H2,1H3;2H,1H3. The van der Waals surface area contributed by atoms with E-state index in [0.717, 1.165) is 78.3 Å². The van der Waals surface area contributed by atoms with Crippen LogP contribution < -0.4 is 16.0 Å². The Balaban J connectivity index is 0.00000188. The number of rotatable bonds is 13. The van der Waals surface area contributed by atoms with Gasteiger partial charge in [-0.2, -0.15) is 0 Å². The Kier molecular flexibility index (Phi) is 11.7. The van der Waals surface area contributed by atoms with Crippen LogP contribution in [-0.4, -0.2) is 71.4 Å². The number of hydrogen-bond acceptors (Lipinski definition) is 7. The molecule has 2 aromatic heterocycles. The van der Waals surface area contributed by atoms with Gasteiger partial charge < -0.3 is 20.7 Å². The highest BCUT2D eigenvalue weighted by molar-refractivity contribution is 5.85. The number of allylic oxidation sites excluding steroid dienone is 2. The van der Waals surface area contributed by atoms with Crippen LogP contribution in [0.1, 0.15) is 41.0 Å². The monoisotopic (exact) mass is 593 g/mol. The topological polar surface area (TPSA) is 91.5 Å². The van der Waals surface area contributed by atoms with Gasteiger partial charge in [0.25, 0.3) is 0 Å². The van der Waals surface area contributed by atoms with Crippen LogP contribution in [-0.2, 0) is 26.1 Å². The Hall–Kier alpha value is -3.79. The van der Waals surface area contributed by atoms with Crippen LogP contribution >= 0.6 is 0 Å². The fourth-order valence-corrected chi connectivity index (χ4v) is 6.08. The van der Waals surface area contributed by atoms with Crippen LogP contribution in [0.25, 0.3) is 10.9 Å². The number of dihydropyridines is 1. The molecule has 5 N–H and O–H groups in total. The molecule has 0 bridgehead atoms. The summed E-state index contributed by atoms with van der Waals surface area (Å²) in [6.07, 6.45) is 9.36. The van der Waals surface area contributed by atoms with Crippen LogP contribution in [0.2, 0.25) is 0 Å². The molecule has 0 radical (unpaired) electrons. The molecule has 0 amide bonds. The number of H-pyrrole nitrogens is 1. The normalized spacial score (nSPS) is 16.3. The minimum atomic E-state index is 0.380. The number of benzene rings is 2. The maximum atomic E-state index is 7.00. The molecule has 8 heteroatoms. The van der Waals surface area contributed by atoms with Gasteiger partial charge in [-0.25, -0.2) is 0 Å². The molecule has 0 spiro atoms. The number of pyridine rings is 1. The van der Waals surface area contributed by atoms with Crippen molar-refractivity contribution in [1.29, 1.82) is 0 Å². The van der Waals surface area contributed by atoms with Gasteiger partial charge in [-0.1, -0.05) is 60.7 Å². The van der Waals surface area contributed by atoms with Crippen LogP contribution in [0.4, 0.5) is 0 Å². The van der Waals surface area contributed by atoms with Crippen molar-refractivity contribution in [3.63, 3.8) is 0 Å². The number of hydrogen-bond donors (Lipinski definition) is 5. The zero-order chi connectivity index (χ0) is 30.6. The zero-order valence-corrected chi connectivity index (χ0v) is 26.1. The lowest BCUT2D eigenvalue weighted by atomic mass is 9.97. The van der Waals surface area contributed by atoms with E-state index in [0.29, 0.717) is 6.04 Å². The van der Waals surface area contributed by atoms with Crippen molar-refractivity contribution >= 4 is 10.9 Å². The average molecular weight is 594 g/mol. The van der Waals surface area contributed by atoms with E-state index in [2.05, 4.69) is 115 Å². The molecule has 4 aromatic rings. The van der Waals surface area contributed by atoms with Crippen LogP contribution in [0.5, 0.6) is 0 Å². The first-order valence-corrected chi connectivity index (χ1v) is 15.7. The summed E-state index contributed by atoms with van der Waals surface area (Å²) in [5.74, 6) is 0. The fraction of sp³-hybridized carbons (Fsp3) is 0.361. The quantitative estimate of drug-likeness (QED) is 0.115. The van der Waals surface area contributed by atoms with Crippen molar-refractivity contribution in [3.8, 4) is 0 Å². The summed E-state index contributed by atoms with van der Waals surface area (Å²) in [7, 11) is 1.00. The van der Waals surface area contributed by atoms with E-state index in [1.807, 2.05) is 18.3 Å². The third kappa shape index (κ3) is 8.43. The molecular formula is C36H47N7O. The molecule has 1 atom stereocenters. The Morgan fingerprint density at radius 3 is 2.59 bits per heavy atom. The maximum absolute atomic E-state index is 7.00. The molecular weight excluding hydrogens is 546 g/mol. The number of aliphatic hydroxyl groups excluding tert-OH is 1. The number of aromatic amines is 1. The van der Waals surface area contributed by atoms with E-state index in [4.69, 9.17) is 5.11 Å². The summed E-state index contributed by atoms with van der Waals surface area (Å²) in [5.41, 5.74) is 9.17. The lowest BCUT2D eigenvalue weighted by Crippen LogP contribution is -2.40. The molecule has 4 heterocycles. The van der Waals surface area contributed by atoms with E-state index >= 15 is 0 Å². The molecule has 8 nitrogen and oxygen atoms in total. The van der Waals surface area contributed by atoms with Crippen LogP contribution in [0, 0.1) is 0 Å². The number of aliphatic hydroxyl groups is 1. The highest BCUT2D eigenvalue weighted by atomic mass is 16.2. The predicted octanol–water partition coefficient (Wildman–Crippen LogP) is 4.47. The predicted molar refractivity (Wildman–Crippen MR) is 180 cm³/mol. The summed E-state index contributed by atoms with van der Waals surface area (Å²) in [4.78, 5) is 13.2. The number of aromatic nitrogens is 2. The smallest absolute Gasteiger partial charge is 0.0541 e.